The van der Waals surface area contributed by atoms with Gasteiger partial charge < -0.3 is 18.4 Å². The van der Waals surface area contributed by atoms with E-state index in [1.807, 2.05) is 6.92 Å². The molecule has 10 aromatic carbocycles. The molecule has 0 aliphatic rings. The minimum atomic E-state index is -0.0876. The number of ether oxygens (including phenoxy) is 1. The van der Waals surface area contributed by atoms with Gasteiger partial charge in [-0.2, -0.15) is 0 Å². The molecule has 4 unspecified atom stereocenters. The lowest BCUT2D eigenvalue weighted by Gasteiger charge is -2.23. The van der Waals surface area contributed by atoms with E-state index >= 15 is 0 Å². The van der Waals surface area contributed by atoms with Crippen molar-refractivity contribution in [3.63, 3.8) is 0 Å². The number of para-hydroxylation sites is 3. The minimum absolute atomic E-state index is 0. The summed E-state index contributed by atoms with van der Waals surface area (Å²) in [6, 6.07) is 84.8. The first-order chi connectivity index (χ1) is 45.4. The van der Waals surface area contributed by atoms with E-state index in [1.165, 1.54) is 127 Å². The van der Waals surface area contributed by atoms with Gasteiger partial charge >= 0.3 is 5.97 Å². The summed E-state index contributed by atoms with van der Waals surface area (Å²) in [5.41, 5.74) is 21.4. The Morgan fingerprint density at radius 2 is 0.699 bits per heavy atom. The minimum Gasteiger partial charge on any atom is -0.465 e. The average Bonchev–Trinajstić information content (AvgIpc) is 1.62. The highest BCUT2D eigenvalue weighted by Gasteiger charge is 2.24. The summed E-state index contributed by atoms with van der Waals surface area (Å²) in [6.07, 6.45) is 7.28. The number of benzene rings is 10. The van der Waals surface area contributed by atoms with Crippen molar-refractivity contribution in [2.45, 2.75) is 238 Å². The topological polar surface area (TPSA) is 41.1 Å². The van der Waals surface area contributed by atoms with E-state index < -0.39 is 0 Å². The van der Waals surface area contributed by atoms with Gasteiger partial charge in [0.25, 0.3) is 0 Å². The van der Waals surface area contributed by atoms with Crippen LogP contribution >= 0.6 is 0 Å². The number of aryl methyl sites for hydroxylation is 3. The SMILES string of the molecule is C.C.C.C.C.C.C.C.C.C.CCC(CC(C)c1ccccc1)c1ccc(-c2cccc3c2c2ccccc2n3CC)cc1.CCCCOC(=O)C(C)CC(CC)c1ccc(-c2cccc3c2c2ccccc2n3CC)cc1.CCn1c2ccccc2c2c(-c3ccc(C(C)(C)CC)cc3)cccc21. The molecular weight excluding hydrogens is 1250 g/mol. The molecule has 0 bridgehead atoms. The van der Waals surface area contributed by atoms with Gasteiger partial charge in [0.05, 0.1) is 12.5 Å². The van der Waals surface area contributed by atoms with Gasteiger partial charge in [0.1, 0.15) is 0 Å². The van der Waals surface area contributed by atoms with E-state index in [0.717, 1.165) is 58.2 Å². The van der Waals surface area contributed by atoms with E-state index in [4.69, 9.17) is 4.74 Å². The first-order valence-corrected chi connectivity index (χ1v) is 34.9. The molecule has 4 atom stereocenters. The van der Waals surface area contributed by atoms with Crippen molar-refractivity contribution in [2.75, 3.05) is 6.61 Å². The zero-order chi connectivity index (χ0) is 65.2. The first kappa shape index (κ1) is 92.1. The fourth-order valence-electron chi connectivity index (χ4n) is 14.6. The zero-order valence-corrected chi connectivity index (χ0v) is 57.2. The number of fused-ring (bicyclic) bond motifs is 9. The lowest BCUT2D eigenvalue weighted by Crippen LogP contribution is -2.18. The standard InChI is InChI=1S/C32H33N.C31H37NO2.C25H27N.10CH4/c1-4-24(22-23(3)25-12-7-6-8-13-25)26-18-20-27(21-19-26)28-15-11-17-31-32(28)29-14-9-10-16-30(29)33(31)5-2;1-5-8-20-34-31(33)22(4)21-23(6-2)24-16-18-25(19-17-24)26-13-11-15-29-30(26)27-12-9-10-14-28(27)32(29)7-3;1-5-25(3,4)19-16-14-18(15-17-19)20-11-9-13-23-24(20)21-10-7-8-12-22(21)26(23)6-2;;;;;;;;;;/h6-21,23-24H,4-5,22H2,1-3H3;9-19,22-23H,5-8,20-21H2,1-4H3;7-17H,5-6H2,1-4H3;10*1H4. The number of carbonyl (C=O) groups excluding carboxylic acids is 1. The van der Waals surface area contributed by atoms with Crippen LogP contribution in [0.15, 0.2) is 231 Å². The molecule has 0 saturated heterocycles. The third-order valence-electron chi connectivity index (χ3n) is 20.4. The van der Waals surface area contributed by atoms with Crippen molar-refractivity contribution >= 4 is 71.4 Å². The first-order valence-electron chi connectivity index (χ1n) is 34.9. The summed E-state index contributed by atoms with van der Waals surface area (Å²) in [6.45, 7) is 28.0. The number of esters is 1. The molecule has 0 fully saturated rings. The number of hydrogen-bond acceptors (Lipinski definition) is 2. The van der Waals surface area contributed by atoms with E-state index in [2.05, 4.69) is 313 Å². The molecule has 13 aromatic rings. The van der Waals surface area contributed by atoms with Crippen LogP contribution in [0.25, 0.3) is 98.8 Å². The van der Waals surface area contributed by atoms with Gasteiger partial charge in [0, 0.05) is 85.1 Å². The monoisotopic (exact) mass is 1390 g/mol. The van der Waals surface area contributed by atoms with Crippen molar-refractivity contribution in [2.24, 2.45) is 5.92 Å². The van der Waals surface area contributed by atoms with Gasteiger partial charge in [-0.15, -0.1) is 0 Å². The lowest BCUT2D eigenvalue weighted by molar-refractivity contribution is -0.148. The Bertz CT molecular complexity index is 4620. The smallest absolute Gasteiger partial charge is 0.308 e. The Morgan fingerprint density at radius 1 is 0.369 bits per heavy atom. The molecule has 3 heterocycles. The molecule has 3 aromatic heterocycles. The Balaban J connectivity index is 0.000000742. The largest absolute Gasteiger partial charge is 0.465 e. The third kappa shape index (κ3) is 19.3. The summed E-state index contributed by atoms with van der Waals surface area (Å²) in [4.78, 5) is 12.4. The van der Waals surface area contributed by atoms with Crippen molar-refractivity contribution < 1.29 is 9.53 Å². The van der Waals surface area contributed by atoms with Gasteiger partial charge in [0.2, 0.25) is 0 Å². The second-order valence-electron chi connectivity index (χ2n) is 26.4. The number of hydrogen-bond donors (Lipinski definition) is 0. The van der Waals surface area contributed by atoms with Crippen LogP contribution < -0.4 is 0 Å². The molecule has 0 aliphatic heterocycles. The maximum Gasteiger partial charge on any atom is 0.308 e. The van der Waals surface area contributed by atoms with E-state index in [9.17, 15) is 4.79 Å². The third-order valence-corrected chi connectivity index (χ3v) is 20.4. The van der Waals surface area contributed by atoms with Crippen molar-refractivity contribution in [1.82, 2.24) is 13.7 Å². The number of carbonyl (C=O) groups is 1. The van der Waals surface area contributed by atoms with Crippen LogP contribution in [0.5, 0.6) is 0 Å². The molecule has 5 nitrogen and oxygen atoms in total. The van der Waals surface area contributed by atoms with Crippen molar-refractivity contribution in [1.29, 1.82) is 0 Å². The fraction of sp³-hybridized carbons (Fsp3) is 0.378. The second kappa shape index (κ2) is 42.0. The fourth-order valence-corrected chi connectivity index (χ4v) is 14.6. The summed E-state index contributed by atoms with van der Waals surface area (Å²) in [5, 5.41) is 8.05. The Morgan fingerprint density at radius 3 is 1.04 bits per heavy atom. The Labute approximate surface area is 627 Å². The summed E-state index contributed by atoms with van der Waals surface area (Å²) in [7, 11) is 0. The Hall–Kier alpha value is -8.93. The molecule has 13 rings (SSSR count). The van der Waals surface area contributed by atoms with Crippen molar-refractivity contribution in [3.8, 4) is 33.4 Å². The number of nitrogens with zero attached hydrogens (tertiary/aromatic N) is 3. The van der Waals surface area contributed by atoms with Crippen LogP contribution in [0.2, 0.25) is 0 Å². The molecule has 103 heavy (non-hydrogen) atoms. The van der Waals surface area contributed by atoms with Crippen LogP contribution in [-0.4, -0.2) is 26.3 Å². The predicted molar refractivity (Wildman–Crippen MR) is 467 cm³/mol. The Kier molecular flexibility index (Phi) is 37.5. The molecule has 0 amide bonds. The van der Waals surface area contributed by atoms with Gasteiger partial charge in [-0.25, -0.2) is 0 Å². The normalized spacial score (nSPS) is 11.8. The molecule has 0 spiro atoms. The maximum absolute atomic E-state index is 12.4. The maximum atomic E-state index is 12.4. The molecule has 0 radical (unpaired) electrons. The van der Waals surface area contributed by atoms with E-state index in [0.29, 0.717) is 24.4 Å². The summed E-state index contributed by atoms with van der Waals surface area (Å²) in [5.74, 6) is 1.33. The van der Waals surface area contributed by atoms with Crippen LogP contribution in [0.3, 0.4) is 0 Å². The van der Waals surface area contributed by atoms with Crippen molar-refractivity contribution in [3.05, 3.63) is 253 Å². The number of aromatic nitrogens is 3. The van der Waals surface area contributed by atoms with Crippen LogP contribution in [-0.2, 0) is 34.6 Å². The van der Waals surface area contributed by atoms with Gasteiger partial charge in [0.15, 0.2) is 0 Å². The van der Waals surface area contributed by atoms with Gasteiger partial charge in [-0.3, -0.25) is 4.79 Å². The quantitative estimate of drug-likeness (QED) is 0.0531. The molecule has 0 saturated carbocycles. The van der Waals surface area contributed by atoms with Gasteiger partial charge in [-0.1, -0.05) is 330 Å². The van der Waals surface area contributed by atoms with Crippen LogP contribution in [0.1, 0.15) is 235 Å². The average molecular weight is 1390 g/mol. The van der Waals surface area contributed by atoms with Crippen LogP contribution in [0.4, 0.5) is 0 Å². The highest BCUT2D eigenvalue weighted by molar-refractivity contribution is 6.17. The highest BCUT2D eigenvalue weighted by Crippen LogP contribution is 2.42. The number of unbranched alkanes of at least 4 members (excludes halogenated alkanes) is 1. The summed E-state index contributed by atoms with van der Waals surface area (Å²) >= 11 is 0. The highest BCUT2D eigenvalue weighted by atomic mass is 16.5. The van der Waals surface area contributed by atoms with Crippen LogP contribution in [0, 0.1) is 5.92 Å². The molecule has 0 aliphatic carbocycles. The van der Waals surface area contributed by atoms with E-state index in [1.54, 1.807) is 0 Å². The predicted octanol–water partition coefficient (Wildman–Crippen LogP) is 31.0. The summed E-state index contributed by atoms with van der Waals surface area (Å²) < 4.78 is 12.7. The lowest BCUT2D eigenvalue weighted by atomic mass is 9.81. The molecule has 5 heteroatoms. The molecule has 556 valence electrons. The molecular formula is C98H137N3O2. The zero-order valence-electron chi connectivity index (χ0n) is 57.2. The van der Waals surface area contributed by atoms with E-state index in [-0.39, 0.29) is 91.6 Å². The van der Waals surface area contributed by atoms with Gasteiger partial charge in [-0.05, 0) is 174 Å². The molecule has 0 N–H and O–H groups in total. The second-order valence-corrected chi connectivity index (χ2v) is 26.4. The number of rotatable bonds is 21.